The minimum absolute atomic E-state index is 0.102. The van der Waals surface area contributed by atoms with E-state index >= 15 is 0 Å². The van der Waals surface area contributed by atoms with Crippen LogP contribution in [0.15, 0.2) is 36.4 Å². The van der Waals surface area contributed by atoms with E-state index in [1.807, 2.05) is 39.8 Å². The van der Waals surface area contributed by atoms with Crippen molar-refractivity contribution in [1.82, 2.24) is 10.2 Å². The van der Waals surface area contributed by atoms with E-state index in [2.05, 4.69) is 26.1 Å². The van der Waals surface area contributed by atoms with Gasteiger partial charge in [-0.05, 0) is 154 Å². The minimum Gasteiger partial charge on any atom is -0.486 e. The Labute approximate surface area is 356 Å². The number of ether oxygens (including phenoxy) is 5. The lowest BCUT2D eigenvalue weighted by atomic mass is 9.43. The molecule has 5 aliphatic rings. The molecular weight excluding hydrogens is 767 g/mol. The Balaban J connectivity index is 1.11. The first-order chi connectivity index (χ1) is 27.7. The van der Waals surface area contributed by atoms with E-state index in [1.54, 1.807) is 70.7 Å². The summed E-state index contributed by atoms with van der Waals surface area (Å²) in [5, 5.41) is 2.75. The third kappa shape index (κ3) is 10.4. The first-order valence-electron chi connectivity index (χ1n) is 21.3. The predicted molar refractivity (Wildman–Crippen MR) is 226 cm³/mol. The van der Waals surface area contributed by atoms with Gasteiger partial charge in [0.05, 0.1) is 24.8 Å². The number of esters is 1. The van der Waals surface area contributed by atoms with Crippen LogP contribution in [0.4, 0.5) is 9.59 Å². The van der Waals surface area contributed by atoms with Gasteiger partial charge in [0, 0.05) is 6.42 Å². The van der Waals surface area contributed by atoms with E-state index in [0.29, 0.717) is 41.5 Å². The number of aryl methyl sites for hydroxylation is 1. The molecule has 5 fully saturated rings. The van der Waals surface area contributed by atoms with Crippen LogP contribution in [0, 0.1) is 24.2 Å². The highest BCUT2D eigenvalue weighted by atomic mass is 16.7. The van der Waals surface area contributed by atoms with Gasteiger partial charge in [-0.1, -0.05) is 32.0 Å². The summed E-state index contributed by atoms with van der Waals surface area (Å²) in [7, 11) is -0.319. The standard InChI is InChI=1S/C46H65BN2O11/c1-27-29(20-21-47-59-36-24-30-23-35(45(30,11)12)46(36,13)60-47)16-19-34(37(27)39(51)56-42(2,3)4)54-32-25-49(26-32)38(50)33(48-40(52)57-43(5,6)7)22-28-14-17-31(18-15-28)55-41(53)58-44(8,9)10/h14-19,30,32-33,35-36H,20-26H2,1-13H3,(H,48,52)/t30-,33+,35-,36+,46-/m0/s1. The number of benzene rings is 2. The average molecular weight is 833 g/mol. The van der Waals surface area contributed by atoms with E-state index in [1.165, 1.54) is 6.42 Å². The molecule has 2 bridgehead atoms. The summed E-state index contributed by atoms with van der Waals surface area (Å²) >= 11 is 0. The first kappa shape index (κ1) is 45.2. The van der Waals surface area contributed by atoms with Gasteiger partial charge in [-0.25, -0.2) is 14.4 Å². The maximum atomic E-state index is 14.0. The van der Waals surface area contributed by atoms with Gasteiger partial charge in [-0.3, -0.25) is 4.79 Å². The van der Waals surface area contributed by atoms with Gasteiger partial charge in [0.15, 0.2) is 0 Å². The Hall–Kier alpha value is -4.30. The number of rotatable bonds is 11. The molecule has 328 valence electrons. The van der Waals surface area contributed by atoms with Crippen LogP contribution in [0.3, 0.4) is 0 Å². The van der Waals surface area contributed by atoms with Crippen molar-refractivity contribution in [3.8, 4) is 11.5 Å². The molecule has 14 heteroatoms. The van der Waals surface area contributed by atoms with Crippen LogP contribution in [-0.4, -0.2) is 89.9 Å². The molecule has 2 amide bonds. The number of alkyl carbamates (subject to hydrolysis) is 1. The second-order valence-electron chi connectivity index (χ2n) is 20.8. The van der Waals surface area contributed by atoms with Crippen molar-refractivity contribution in [2.24, 2.45) is 17.3 Å². The van der Waals surface area contributed by atoms with Crippen LogP contribution in [0.2, 0.25) is 6.32 Å². The van der Waals surface area contributed by atoms with Crippen molar-refractivity contribution in [3.63, 3.8) is 0 Å². The zero-order valence-electron chi connectivity index (χ0n) is 37.8. The molecule has 2 aromatic rings. The van der Waals surface area contributed by atoms with Crippen LogP contribution in [0.5, 0.6) is 11.5 Å². The van der Waals surface area contributed by atoms with E-state index in [0.717, 1.165) is 17.5 Å². The molecule has 13 nitrogen and oxygen atoms in total. The number of carbonyl (C=O) groups excluding carboxylic acids is 4. The molecule has 5 atom stereocenters. The smallest absolute Gasteiger partial charge is 0.486 e. The van der Waals surface area contributed by atoms with E-state index < -0.39 is 47.2 Å². The zero-order chi connectivity index (χ0) is 44.2. The molecule has 2 saturated heterocycles. The molecule has 2 heterocycles. The highest BCUT2D eigenvalue weighted by Gasteiger charge is 2.67. The highest BCUT2D eigenvalue weighted by Crippen LogP contribution is 2.65. The fourth-order valence-corrected chi connectivity index (χ4v) is 9.07. The third-order valence-electron chi connectivity index (χ3n) is 12.2. The van der Waals surface area contributed by atoms with Crippen LogP contribution in [0.1, 0.15) is 123 Å². The Kier molecular flexibility index (Phi) is 12.5. The summed E-state index contributed by atoms with van der Waals surface area (Å²) < 4.78 is 41.5. The number of nitrogens with zero attached hydrogens (tertiary/aromatic N) is 1. The molecule has 0 spiro atoms. The zero-order valence-corrected chi connectivity index (χ0v) is 37.8. The molecule has 0 unspecified atom stereocenters. The molecule has 7 rings (SSSR count). The van der Waals surface area contributed by atoms with Crippen LogP contribution < -0.4 is 14.8 Å². The predicted octanol–water partition coefficient (Wildman–Crippen LogP) is 8.26. The summed E-state index contributed by atoms with van der Waals surface area (Å²) in [6, 6.07) is 9.45. The van der Waals surface area contributed by atoms with E-state index in [-0.39, 0.29) is 55.4 Å². The number of hydrogen-bond donors (Lipinski definition) is 1. The summed E-state index contributed by atoms with van der Waals surface area (Å²) in [6.45, 7) is 25.3. The lowest BCUT2D eigenvalue weighted by molar-refractivity contribution is -0.199. The van der Waals surface area contributed by atoms with Gasteiger partial charge < -0.3 is 43.2 Å². The van der Waals surface area contributed by atoms with Gasteiger partial charge in [-0.2, -0.15) is 0 Å². The van der Waals surface area contributed by atoms with Gasteiger partial charge in [0.1, 0.15) is 46.0 Å². The second kappa shape index (κ2) is 16.5. The number of amides is 2. The summed E-state index contributed by atoms with van der Waals surface area (Å²) in [4.78, 5) is 54.4. The Bertz CT molecular complexity index is 1940. The van der Waals surface area contributed by atoms with E-state index in [9.17, 15) is 19.2 Å². The van der Waals surface area contributed by atoms with Crippen molar-refractivity contribution < 1.29 is 52.2 Å². The first-order valence-corrected chi connectivity index (χ1v) is 21.3. The fourth-order valence-electron chi connectivity index (χ4n) is 9.07. The van der Waals surface area contributed by atoms with Crippen LogP contribution in [-0.2, 0) is 41.2 Å². The van der Waals surface area contributed by atoms with Gasteiger partial charge in [0.2, 0.25) is 5.91 Å². The number of nitrogens with one attached hydrogen (secondary N) is 1. The van der Waals surface area contributed by atoms with Gasteiger partial charge in [-0.15, -0.1) is 0 Å². The lowest BCUT2D eigenvalue weighted by Crippen LogP contribution is -2.65. The molecule has 60 heavy (non-hydrogen) atoms. The van der Waals surface area contributed by atoms with Crippen LogP contribution in [0.25, 0.3) is 0 Å². The van der Waals surface area contributed by atoms with E-state index in [4.69, 9.17) is 33.0 Å². The summed E-state index contributed by atoms with van der Waals surface area (Å²) in [5.41, 5.74) is 0.570. The fraction of sp³-hybridized carbons (Fsp3) is 0.652. The monoisotopic (exact) mass is 832 g/mol. The molecular formula is C46H65BN2O11. The second-order valence-corrected chi connectivity index (χ2v) is 20.8. The van der Waals surface area contributed by atoms with Crippen molar-refractivity contribution in [2.75, 3.05) is 13.1 Å². The molecule has 0 radical (unpaired) electrons. The minimum atomic E-state index is -0.964. The van der Waals surface area contributed by atoms with Crippen molar-refractivity contribution >= 4 is 31.2 Å². The number of likely N-dealkylation sites (tertiary alicyclic amines) is 1. The average Bonchev–Trinajstić information content (AvgIpc) is 3.43. The third-order valence-corrected chi connectivity index (χ3v) is 12.2. The Morgan fingerprint density at radius 1 is 0.867 bits per heavy atom. The molecule has 3 aliphatic carbocycles. The molecule has 3 saturated carbocycles. The SMILES string of the molecule is Cc1c(CCB2O[C@@H]3C[C@@H]4C[C@@H](C4(C)C)[C@]3(C)O2)ccc(OC2CN(C(=O)[C@@H](Cc3ccc(OC(=O)OC(C)(C)C)cc3)NC(=O)OC(C)(C)C)C2)c1C(=O)OC(C)(C)C. The maximum absolute atomic E-state index is 14.0. The molecule has 2 aliphatic heterocycles. The van der Waals surface area contributed by atoms with Crippen molar-refractivity contribution in [2.45, 2.75) is 163 Å². The molecule has 1 N–H and O–H groups in total. The number of hydrogen-bond acceptors (Lipinski definition) is 11. The van der Waals surface area contributed by atoms with Gasteiger partial charge >= 0.3 is 25.3 Å². The highest BCUT2D eigenvalue weighted by molar-refractivity contribution is 6.45. The summed E-state index contributed by atoms with van der Waals surface area (Å²) in [6.07, 6.45) is 1.79. The Morgan fingerprint density at radius 2 is 1.50 bits per heavy atom. The molecule has 0 aromatic heterocycles. The van der Waals surface area contributed by atoms with Crippen LogP contribution >= 0.6 is 0 Å². The van der Waals surface area contributed by atoms with Crippen molar-refractivity contribution in [3.05, 3.63) is 58.7 Å². The topological polar surface area (TPSA) is 148 Å². The van der Waals surface area contributed by atoms with Gasteiger partial charge in [0.25, 0.3) is 0 Å². The molecule has 2 aromatic carbocycles. The van der Waals surface area contributed by atoms with Crippen molar-refractivity contribution in [1.29, 1.82) is 0 Å². The normalized spacial score (nSPS) is 24.0. The maximum Gasteiger partial charge on any atom is 0.514 e. The lowest BCUT2D eigenvalue weighted by Gasteiger charge is -2.64. The number of carbonyl (C=O) groups is 4. The quantitative estimate of drug-likeness (QED) is 0.101. The summed E-state index contributed by atoms with van der Waals surface area (Å²) in [5.74, 6) is 1.00. The largest absolute Gasteiger partial charge is 0.514 e. The Morgan fingerprint density at radius 3 is 2.10 bits per heavy atom.